The molecule has 2 aromatic rings. The lowest BCUT2D eigenvalue weighted by Crippen LogP contribution is -2.20. The lowest BCUT2D eigenvalue weighted by atomic mass is 10.1. The van der Waals surface area contributed by atoms with Gasteiger partial charge in [0.1, 0.15) is 0 Å². The summed E-state index contributed by atoms with van der Waals surface area (Å²) in [6, 6.07) is 6.82. The maximum absolute atomic E-state index is 4.41. The van der Waals surface area contributed by atoms with Crippen LogP contribution >= 0.6 is 11.3 Å². The van der Waals surface area contributed by atoms with Crippen LogP contribution in [-0.4, -0.2) is 16.8 Å². The van der Waals surface area contributed by atoms with Crippen LogP contribution in [0.1, 0.15) is 41.8 Å². The van der Waals surface area contributed by atoms with Gasteiger partial charge in [-0.2, -0.15) is 5.10 Å². The van der Waals surface area contributed by atoms with Crippen LogP contribution in [-0.2, 0) is 13.0 Å². The Kier molecular flexibility index (Phi) is 4.55. The molecule has 0 bridgehead atoms. The minimum absolute atomic E-state index is 0.254. The molecule has 1 N–H and O–H groups in total. The van der Waals surface area contributed by atoms with Crippen molar-refractivity contribution in [3.8, 4) is 0 Å². The van der Waals surface area contributed by atoms with Crippen LogP contribution in [0.25, 0.3) is 0 Å². The second-order valence-electron chi connectivity index (χ2n) is 4.36. The summed E-state index contributed by atoms with van der Waals surface area (Å²) in [5.74, 6) is 0. The zero-order valence-corrected chi connectivity index (χ0v) is 12.1. The number of nitrogens with one attached hydrogen (secondary N) is 1. The van der Waals surface area contributed by atoms with E-state index in [1.54, 1.807) is 0 Å². The lowest BCUT2D eigenvalue weighted by molar-refractivity contribution is 0.538. The first-order valence-electron chi connectivity index (χ1n) is 6.57. The standard InChI is InChI=1S/C14H21N3S/c1-4-10-17-12(8-9-16-17)14(15-3)13-7-6-11(5-2)18-13/h6-9,14-15H,4-5,10H2,1-3H3. The fourth-order valence-electron chi connectivity index (χ4n) is 2.16. The SMILES string of the molecule is CCCn1nccc1C(NC)c1ccc(CC)s1. The van der Waals surface area contributed by atoms with Gasteiger partial charge in [0, 0.05) is 22.5 Å². The topological polar surface area (TPSA) is 29.9 Å². The highest BCUT2D eigenvalue weighted by Gasteiger charge is 2.17. The minimum Gasteiger partial charge on any atom is -0.307 e. The highest BCUT2D eigenvalue weighted by molar-refractivity contribution is 7.12. The third-order valence-electron chi connectivity index (χ3n) is 3.08. The molecule has 0 aliphatic carbocycles. The summed E-state index contributed by atoms with van der Waals surface area (Å²) < 4.78 is 2.10. The van der Waals surface area contributed by atoms with Gasteiger partial charge in [-0.3, -0.25) is 4.68 Å². The minimum atomic E-state index is 0.254. The van der Waals surface area contributed by atoms with Crippen LogP contribution in [0.15, 0.2) is 24.4 Å². The van der Waals surface area contributed by atoms with Crippen molar-refractivity contribution < 1.29 is 0 Å². The van der Waals surface area contributed by atoms with Gasteiger partial charge >= 0.3 is 0 Å². The van der Waals surface area contributed by atoms with E-state index < -0.39 is 0 Å². The second-order valence-corrected chi connectivity index (χ2v) is 5.56. The summed E-state index contributed by atoms with van der Waals surface area (Å²) in [4.78, 5) is 2.80. The van der Waals surface area contributed by atoms with Crippen molar-refractivity contribution in [3.63, 3.8) is 0 Å². The molecule has 98 valence electrons. The highest BCUT2D eigenvalue weighted by atomic mass is 32.1. The van der Waals surface area contributed by atoms with Gasteiger partial charge < -0.3 is 5.32 Å². The van der Waals surface area contributed by atoms with Gasteiger partial charge in [-0.25, -0.2) is 0 Å². The molecule has 0 fully saturated rings. The second kappa shape index (κ2) is 6.16. The predicted molar refractivity (Wildman–Crippen MR) is 77.1 cm³/mol. The van der Waals surface area contributed by atoms with Crippen molar-refractivity contribution >= 4 is 11.3 Å². The highest BCUT2D eigenvalue weighted by Crippen LogP contribution is 2.28. The van der Waals surface area contributed by atoms with E-state index in [0.29, 0.717) is 0 Å². The molecule has 2 heterocycles. The lowest BCUT2D eigenvalue weighted by Gasteiger charge is -2.16. The third kappa shape index (κ3) is 2.65. The molecular weight excluding hydrogens is 242 g/mol. The Labute approximate surface area is 113 Å². The molecule has 2 rings (SSSR count). The van der Waals surface area contributed by atoms with E-state index in [2.05, 4.69) is 47.1 Å². The van der Waals surface area contributed by atoms with Gasteiger partial charge in [0.25, 0.3) is 0 Å². The number of rotatable bonds is 6. The van der Waals surface area contributed by atoms with Crippen molar-refractivity contribution in [1.82, 2.24) is 15.1 Å². The predicted octanol–water partition coefficient (Wildman–Crippen LogP) is 3.23. The van der Waals surface area contributed by atoms with Gasteiger partial charge in [-0.15, -0.1) is 11.3 Å². The van der Waals surface area contributed by atoms with Crippen LogP contribution in [0.2, 0.25) is 0 Å². The Balaban J connectivity index is 2.29. The summed E-state index contributed by atoms with van der Waals surface area (Å²) in [6.07, 6.45) is 4.11. The average molecular weight is 263 g/mol. The average Bonchev–Trinajstić information content (AvgIpc) is 3.01. The maximum Gasteiger partial charge on any atom is 0.0839 e. The van der Waals surface area contributed by atoms with Crippen LogP contribution in [0, 0.1) is 0 Å². The Morgan fingerprint density at radius 2 is 2.17 bits per heavy atom. The maximum atomic E-state index is 4.41. The first-order chi connectivity index (χ1) is 8.80. The molecule has 0 aromatic carbocycles. The number of thiophene rings is 1. The Hall–Kier alpha value is -1.13. The fourth-order valence-corrected chi connectivity index (χ4v) is 3.24. The van der Waals surface area contributed by atoms with Gasteiger partial charge in [0.05, 0.1) is 11.7 Å². The van der Waals surface area contributed by atoms with Crippen molar-refractivity contribution in [1.29, 1.82) is 0 Å². The molecule has 1 atom stereocenters. The number of aromatic nitrogens is 2. The Morgan fingerprint density at radius 1 is 1.33 bits per heavy atom. The molecule has 0 saturated carbocycles. The van der Waals surface area contributed by atoms with E-state index in [1.807, 2.05) is 24.6 Å². The Bertz CT molecular complexity index is 487. The molecule has 0 aliphatic rings. The smallest absolute Gasteiger partial charge is 0.0839 e. The number of nitrogens with zero attached hydrogens (tertiary/aromatic N) is 2. The van der Waals surface area contributed by atoms with E-state index in [0.717, 1.165) is 19.4 Å². The molecule has 0 radical (unpaired) electrons. The van der Waals surface area contributed by atoms with E-state index in [4.69, 9.17) is 0 Å². The molecule has 2 aromatic heterocycles. The molecule has 18 heavy (non-hydrogen) atoms. The van der Waals surface area contributed by atoms with E-state index in [1.165, 1.54) is 15.4 Å². The molecule has 0 spiro atoms. The van der Waals surface area contributed by atoms with E-state index in [-0.39, 0.29) is 6.04 Å². The number of hydrogen-bond acceptors (Lipinski definition) is 3. The summed E-state index contributed by atoms with van der Waals surface area (Å²) in [6.45, 7) is 5.36. The first-order valence-corrected chi connectivity index (χ1v) is 7.39. The van der Waals surface area contributed by atoms with Crippen molar-refractivity contribution in [2.24, 2.45) is 0 Å². The summed E-state index contributed by atoms with van der Waals surface area (Å²) in [7, 11) is 2.01. The van der Waals surface area contributed by atoms with Gasteiger partial charge in [0.2, 0.25) is 0 Å². The van der Waals surface area contributed by atoms with E-state index >= 15 is 0 Å². The van der Waals surface area contributed by atoms with Crippen LogP contribution in [0.3, 0.4) is 0 Å². The van der Waals surface area contributed by atoms with Crippen LogP contribution in [0.4, 0.5) is 0 Å². The molecule has 4 heteroatoms. The summed E-state index contributed by atoms with van der Waals surface area (Å²) >= 11 is 1.89. The normalized spacial score (nSPS) is 12.8. The quantitative estimate of drug-likeness (QED) is 0.867. The number of hydrogen-bond donors (Lipinski definition) is 1. The molecule has 0 aliphatic heterocycles. The fraction of sp³-hybridized carbons (Fsp3) is 0.500. The molecule has 0 amide bonds. The third-order valence-corrected chi connectivity index (χ3v) is 4.38. The number of aryl methyl sites for hydroxylation is 2. The van der Waals surface area contributed by atoms with Crippen molar-refractivity contribution in [3.05, 3.63) is 39.8 Å². The zero-order valence-electron chi connectivity index (χ0n) is 11.3. The Morgan fingerprint density at radius 3 is 2.78 bits per heavy atom. The van der Waals surface area contributed by atoms with Gasteiger partial charge in [-0.1, -0.05) is 13.8 Å². The zero-order chi connectivity index (χ0) is 13.0. The molecule has 0 saturated heterocycles. The molecular formula is C14H21N3S. The molecule has 3 nitrogen and oxygen atoms in total. The van der Waals surface area contributed by atoms with Crippen molar-refractivity contribution in [2.45, 2.75) is 39.3 Å². The van der Waals surface area contributed by atoms with Gasteiger partial charge in [0.15, 0.2) is 0 Å². The monoisotopic (exact) mass is 263 g/mol. The van der Waals surface area contributed by atoms with Crippen molar-refractivity contribution in [2.75, 3.05) is 7.05 Å². The summed E-state index contributed by atoms with van der Waals surface area (Å²) in [5, 5.41) is 7.82. The summed E-state index contributed by atoms with van der Waals surface area (Å²) in [5.41, 5.74) is 1.25. The van der Waals surface area contributed by atoms with Crippen LogP contribution < -0.4 is 5.32 Å². The van der Waals surface area contributed by atoms with E-state index in [9.17, 15) is 0 Å². The first kappa shape index (κ1) is 13.3. The van der Waals surface area contributed by atoms with Crippen LogP contribution in [0.5, 0.6) is 0 Å². The van der Waals surface area contributed by atoms with Gasteiger partial charge in [-0.05, 0) is 38.1 Å². The largest absolute Gasteiger partial charge is 0.307 e. The molecule has 1 unspecified atom stereocenters.